The lowest BCUT2D eigenvalue weighted by Gasteiger charge is -2.29. The number of allylic oxidation sites excluding steroid dienone is 3. The molecule has 0 saturated carbocycles. The number of nitrogens with zero attached hydrogens (tertiary/aromatic N) is 1. The zero-order chi connectivity index (χ0) is 22.7. The highest BCUT2D eigenvalue weighted by atomic mass is 35.5. The van der Waals surface area contributed by atoms with Crippen LogP contribution in [0, 0.1) is 18.3 Å². The molecule has 31 heavy (non-hydrogen) atoms. The van der Waals surface area contributed by atoms with E-state index in [1.807, 2.05) is 38.1 Å². The molecule has 1 atom stereocenters. The molecule has 1 aliphatic heterocycles. The lowest BCUT2D eigenvalue weighted by atomic mass is 9.80. The monoisotopic (exact) mass is 470 g/mol. The summed E-state index contributed by atoms with van der Waals surface area (Å²) in [6.07, 6.45) is 0. The minimum absolute atomic E-state index is 0.0814. The molecular weight excluding hydrogens is 451 g/mol. The Bertz CT molecular complexity index is 1180. The fourth-order valence-electron chi connectivity index (χ4n) is 3.61. The molecule has 7 heteroatoms. The molecule has 3 rings (SSSR count). The second-order valence-corrected chi connectivity index (χ2v) is 9.09. The summed E-state index contributed by atoms with van der Waals surface area (Å²) in [4.78, 5) is 25.2. The first-order valence-corrected chi connectivity index (χ1v) is 11.3. The van der Waals surface area contributed by atoms with Gasteiger partial charge in [0.2, 0.25) is 0 Å². The largest absolute Gasteiger partial charge is 0.353 e. The molecule has 0 fully saturated rings. The molecule has 0 aliphatic carbocycles. The van der Waals surface area contributed by atoms with Crippen molar-refractivity contribution in [1.82, 2.24) is 5.32 Å². The number of carbonyl (C=O) groups excluding carboxylic acids is 2. The highest BCUT2D eigenvalue weighted by molar-refractivity contribution is 8.03. The lowest BCUT2D eigenvalue weighted by molar-refractivity contribution is -0.113. The van der Waals surface area contributed by atoms with Crippen LogP contribution in [0.1, 0.15) is 41.3 Å². The molecule has 158 valence electrons. The maximum Gasteiger partial charge on any atom is 0.174 e. The molecule has 1 heterocycles. The Morgan fingerprint density at radius 3 is 2.52 bits per heavy atom. The highest BCUT2D eigenvalue weighted by Crippen LogP contribution is 2.41. The van der Waals surface area contributed by atoms with Crippen molar-refractivity contribution in [2.24, 2.45) is 0 Å². The number of nitriles is 1. The van der Waals surface area contributed by atoms with E-state index in [4.69, 9.17) is 23.2 Å². The van der Waals surface area contributed by atoms with Crippen molar-refractivity contribution in [1.29, 1.82) is 5.26 Å². The Labute approximate surface area is 195 Å². The topological polar surface area (TPSA) is 70.0 Å². The maximum absolute atomic E-state index is 12.7. The molecule has 1 N–H and O–H groups in total. The Kier molecular flexibility index (Phi) is 7.27. The molecule has 0 spiro atoms. The summed E-state index contributed by atoms with van der Waals surface area (Å²) < 4.78 is 0. The van der Waals surface area contributed by atoms with Gasteiger partial charge in [-0.1, -0.05) is 64.8 Å². The molecule has 0 amide bonds. The van der Waals surface area contributed by atoms with E-state index in [2.05, 4.69) is 11.4 Å². The van der Waals surface area contributed by atoms with Crippen molar-refractivity contribution in [2.75, 3.05) is 5.75 Å². The van der Waals surface area contributed by atoms with Crippen molar-refractivity contribution in [3.05, 3.63) is 91.1 Å². The normalized spacial score (nSPS) is 16.1. The number of benzene rings is 2. The summed E-state index contributed by atoms with van der Waals surface area (Å²) in [7, 11) is 0. The number of nitrogens with one attached hydrogen (secondary N) is 1. The van der Waals surface area contributed by atoms with Gasteiger partial charge in [-0.2, -0.15) is 5.26 Å². The van der Waals surface area contributed by atoms with E-state index in [1.54, 1.807) is 12.1 Å². The smallest absolute Gasteiger partial charge is 0.174 e. The van der Waals surface area contributed by atoms with Crippen molar-refractivity contribution >= 4 is 46.5 Å². The van der Waals surface area contributed by atoms with Gasteiger partial charge in [0.05, 0.1) is 33.4 Å². The number of hydrogen-bond donors (Lipinski definition) is 1. The zero-order valence-corrected chi connectivity index (χ0v) is 19.6. The Morgan fingerprint density at radius 2 is 1.90 bits per heavy atom. The summed E-state index contributed by atoms with van der Waals surface area (Å²) >= 11 is 13.3. The molecule has 4 nitrogen and oxygen atoms in total. The van der Waals surface area contributed by atoms with Gasteiger partial charge in [0, 0.05) is 21.9 Å². The second-order valence-electron chi connectivity index (χ2n) is 7.26. The van der Waals surface area contributed by atoms with Crippen LogP contribution in [-0.2, 0) is 4.79 Å². The Balaban J connectivity index is 1.97. The van der Waals surface area contributed by atoms with Crippen LogP contribution < -0.4 is 5.32 Å². The van der Waals surface area contributed by atoms with E-state index in [9.17, 15) is 14.9 Å². The number of Topliss-reactive ketones (excluding diaryl/α,β-unsaturated/α-hetero) is 2. The number of thioether (sulfide) groups is 1. The van der Waals surface area contributed by atoms with Crippen LogP contribution in [0.5, 0.6) is 0 Å². The molecule has 2 aromatic rings. The molecular formula is C24H20Cl2N2O2S. The third-order valence-electron chi connectivity index (χ3n) is 4.98. The SMILES string of the molecule is CC(=O)C1=C(C)NC(SCC(=O)c2ccc(Cl)cc2Cl)=C(C#N)[C@@H]1c1cccc(C)c1. The number of halogens is 2. The number of dihydropyridines is 1. The van der Waals surface area contributed by atoms with Gasteiger partial charge in [0.1, 0.15) is 0 Å². The van der Waals surface area contributed by atoms with Crippen LogP contribution in [0.25, 0.3) is 0 Å². The summed E-state index contributed by atoms with van der Waals surface area (Å²) in [5, 5.41) is 14.5. The van der Waals surface area contributed by atoms with Crippen molar-refractivity contribution in [2.45, 2.75) is 26.7 Å². The minimum atomic E-state index is -0.486. The van der Waals surface area contributed by atoms with Crippen LogP contribution in [-0.4, -0.2) is 17.3 Å². The second kappa shape index (κ2) is 9.74. The van der Waals surface area contributed by atoms with Crippen LogP contribution >= 0.6 is 35.0 Å². The van der Waals surface area contributed by atoms with E-state index in [0.717, 1.165) is 11.1 Å². The van der Waals surface area contributed by atoms with E-state index < -0.39 is 5.92 Å². The molecule has 0 bridgehead atoms. The fourth-order valence-corrected chi connectivity index (χ4v) is 5.10. The summed E-state index contributed by atoms with van der Waals surface area (Å²) in [6, 6.07) is 14.8. The van der Waals surface area contributed by atoms with Gasteiger partial charge in [-0.3, -0.25) is 9.59 Å². The first-order chi connectivity index (χ1) is 14.7. The molecule has 0 saturated heterocycles. The van der Waals surface area contributed by atoms with Crippen LogP contribution in [0.4, 0.5) is 0 Å². The lowest BCUT2D eigenvalue weighted by Crippen LogP contribution is -2.27. The van der Waals surface area contributed by atoms with Crippen LogP contribution in [0.3, 0.4) is 0 Å². The number of carbonyl (C=O) groups is 2. The minimum Gasteiger partial charge on any atom is -0.353 e. The van der Waals surface area contributed by atoms with Gasteiger partial charge in [-0.15, -0.1) is 0 Å². The summed E-state index contributed by atoms with van der Waals surface area (Å²) in [6.45, 7) is 5.28. The summed E-state index contributed by atoms with van der Waals surface area (Å²) in [5.41, 5.74) is 3.93. The predicted octanol–water partition coefficient (Wildman–Crippen LogP) is 6.20. The number of aryl methyl sites for hydroxylation is 1. The average molecular weight is 471 g/mol. The quantitative estimate of drug-likeness (QED) is 0.508. The van der Waals surface area contributed by atoms with Crippen LogP contribution in [0.15, 0.2) is 64.3 Å². The number of rotatable bonds is 6. The highest BCUT2D eigenvalue weighted by Gasteiger charge is 2.33. The number of hydrogen-bond acceptors (Lipinski definition) is 5. The van der Waals surface area contributed by atoms with E-state index in [-0.39, 0.29) is 22.3 Å². The average Bonchev–Trinajstić information content (AvgIpc) is 2.71. The van der Waals surface area contributed by atoms with Crippen LogP contribution in [0.2, 0.25) is 10.0 Å². The van der Waals surface area contributed by atoms with E-state index >= 15 is 0 Å². The van der Waals surface area contributed by atoms with Gasteiger partial charge >= 0.3 is 0 Å². The number of ketones is 2. The van der Waals surface area contributed by atoms with Crippen molar-refractivity contribution in [3.8, 4) is 6.07 Å². The molecule has 2 aromatic carbocycles. The maximum atomic E-state index is 12.7. The summed E-state index contributed by atoms with van der Waals surface area (Å²) in [5.74, 6) is -0.681. The van der Waals surface area contributed by atoms with E-state index in [1.165, 1.54) is 24.8 Å². The van der Waals surface area contributed by atoms with E-state index in [0.29, 0.717) is 32.5 Å². The van der Waals surface area contributed by atoms with Gasteiger partial charge in [-0.05, 0) is 44.5 Å². The fraction of sp³-hybridized carbons (Fsp3) is 0.208. The molecule has 0 unspecified atom stereocenters. The Morgan fingerprint density at radius 1 is 1.16 bits per heavy atom. The van der Waals surface area contributed by atoms with Gasteiger partial charge < -0.3 is 5.32 Å². The predicted molar refractivity (Wildman–Crippen MR) is 126 cm³/mol. The zero-order valence-electron chi connectivity index (χ0n) is 17.3. The van der Waals surface area contributed by atoms with Crippen molar-refractivity contribution < 1.29 is 9.59 Å². The first-order valence-electron chi connectivity index (χ1n) is 9.53. The van der Waals surface area contributed by atoms with Gasteiger partial charge in [-0.25, -0.2) is 0 Å². The Hall–Kier alpha value is -2.52. The first kappa shape index (κ1) is 23.1. The third-order valence-corrected chi connectivity index (χ3v) is 6.55. The van der Waals surface area contributed by atoms with Crippen molar-refractivity contribution in [3.63, 3.8) is 0 Å². The molecule has 0 aromatic heterocycles. The van der Waals surface area contributed by atoms with Gasteiger partial charge in [0.25, 0.3) is 0 Å². The molecule has 1 aliphatic rings. The third kappa shape index (κ3) is 5.04. The standard InChI is InChI=1S/C24H20Cl2N2O2S/c1-13-5-4-6-16(9-13)23-19(11-27)24(28-14(2)22(23)15(3)29)31-12-21(30)18-8-7-17(25)10-20(18)26/h4-10,23,28H,12H2,1-3H3/t23-/m0/s1. The van der Waals surface area contributed by atoms with Gasteiger partial charge in [0.15, 0.2) is 11.6 Å². The molecule has 0 radical (unpaired) electrons.